The molecule has 3 heterocycles. The molecule has 0 spiro atoms. The molecule has 216 valence electrons. The summed E-state index contributed by atoms with van der Waals surface area (Å²) in [6.07, 6.45) is -0.446. The molecule has 9 nitrogen and oxygen atoms in total. The first-order valence-electron chi connectivity index (χ1n) is 13.5. The van der Waals surface area contributed by atoms with Crippen LogP contribution in [0.1, 0.15) is 72.9 Å². The summed E-state index contributed by atoms with van der Waals surface area (Å²) in [5.74, 6) is -2.98. The molecule has 0 bridgehead atoms. The first-order valence-corrected chi connectivity index (χ1v) is 13.5. The highest BCUT2D eigenvalue weighted by Crippen LogP contribution is 2.40. The molecule has 1 aromatic carbocycles. The standard InChI is InChI=1S/C26H31F5N8O/c27-25(28)11-5-12-38(16-25)13-10-17(14-23-33-36-37-34-23)32-24(40)21-15-22(39(35-21)18-6-1-2-7-18)19-8-3-4-9-20(19)26(29,30)31/h3-4,8-9,15,17-18H,1-2,5-7,10-14,16H2,(H,32,40)(H,33,34,36,37). The number of aromatic nitrogens is 6. The molecule has 2 fully saturated rings. The molecule has 5 rings (SSSR count). The lowest BCUT2D eigenvalue weighted by molar-refractivity contribution is -0.137. The Labute approximate surface area is 227 Å². The molecule has 2 N–H and O–H groups in total. The minimum absolute atomic E-state index is 0.0125. The minimum atomic E-state index is -4.58. The van der Waals surface area contributed by atoms with Gasteiger partial charge in [0.15, 0.2) is 11.5 Å². The van der Waals surface area contributed by atoms with Crippen molar-refractivity contribution in [3.05, 3.63) is 47.4 Å². The maximum atomic E-state index is 13.9. The second kappa shape index (κ2) is 11.6. The number of benzene rings is 1. The fraction of sp³-hybridized carbons (Fsp3) is 0.577. The van der Waals surface area contributed by atoms with Crippen LogP contribution in [-0.4, -0.2) is 72.8 Å². The zero-order valence-corrected chi connectivity index (χ0v) is 21.8. The van der Waals surface area contributed by atoms with Crippen LogP contribution in [0.15, 0.2) is 30.3 Å². The van der Waals surface area contributed by atoms with Gasteiger partial charge in [-0.15, -0.1) is 10.2 Å². The molecule has 1 aliphatic heterocycles. The zero-order chi connectivity index (χ0) is 28.3. The summed E-state index contributed by atoms with van der Waals surface area (Å²) in [6, 6.07) is 6.01. The molecule has 1 amide bonds. The first kappa shape index (κ1) is 28.1. The van der Waals surface area contributed by atoms with Crippen molar-refractivity contribution in [2.45, 2.75) is 75.5 Å². The van der Waals surface area contributed by atoms with Crippen molar-refractivity contribution in [3.8, 4) is 11.3 Å². The highest BCUT2D eigenvalue weighted by molar-refractivity contribution is 5.93. The quantitative estimate of drug-likeness (QED) is 0.365. The van der Waals surface area contributed by atoms with Crippen LogP contribution >= 0.6 is 0 Å². The highest BCUT2D eigenvalue weighted by atomic mass is 19.4. The van der Waals surface area contributed by atoms with E-state index in [9.17, 15) is 26.7 Å². The second-order valence-corrected chi connectivity index (χ2v) is 10.6. The average Bonchev–Trinajstić information content (AvgIpc) is 3.68. The molecule has 14 heteroatoms. The molecule has 1 atom stereocenters. The molecular weight excluding hydrogens is 535 g/mol. The van der Waals surface area contributed by atoms with Crippen LogP contribution in [0.5, 0.6) is 0 Å². The summed E-state index contributed by atoms with van der Waals surface area (Å²) in [5.41, 5.74) is -0.617. The van der Waals surface area contributed by atoms with E-state index in [0.717, 1.165) is 31.7 Å². The van der Waals surface area contributed by atoms with Crippen molar-refractivity contribution in [2.24, 2.45) is 0 Å². The number of carbonyl (C=O) groups excluding carboxylic acids is 1. The van der Waals surface area contributed by atoms with E-state index in [2.05, 4.69) is 31.0 Å². The van der Waals surface area contributed by atoms with Crippen LogP contribution in [0.2, 0.25) is 0 Å². The maximum Gasteiger partial charge on any atom is 0.417 e. The van der Waals surface area contributed by atoms with E-state index < -0.39 is 29.6 Å². The largest absolute Gasteiger partial charge is 0.417 e. The third kappa shape index (κ3) is 6.65. The van der Waals surface area contributed by atoms with Gasteiger partial charge in [0.2, 0.25) is 0 Å². The van der Waals surface area contributed by atoms with Gasteiger partial charge in [0.25, 0.3) is 11.8 Å². The Morgan fingerprint density at radius 1 is 1.18 bits per heavy atom. The number of alkyl halides is 5. The molecule has 40 heavy (non-hydrogen) atoms. The summed E-state index contributed by atoms with van der Waals surface area (Å²) in [6.45, 7) is 0.509. The van der Waals surface area contributed by atoms with Gasteiger partial charge in [-0.3, -0.25) is 14.4 Å². The molecular formula is C26H31F5N8O. The smallest absolute Gasteiger partial charge is 0.347 e. The molecule has 1 unspecified atom stereocenters. The Bertz CT molecular complexity index is 1290. The average molecular weight is 567 g/mol. The number of H-pyrrole nitrogens is 1. The topological polar surface area (TPSA) is 105 Å². The summed E-state index contributed by atoms with van der Waals surface area (Å²) >= 11 is 0. The van der Waals surface area contributed by atoms with Crippen LogP contribution in [-0.2, 0) is 12.6 Å². The van der Waals surface area contributed by atoms with E-state index >= 15 is 0 Å². The van der Waals surface area contributed by atoms with Crippen LogP contribution in [0.3, 0.4) is 0 Å². The lowest BCUT2D eigenvalue weighted by Gasteiger charge is -2.33. The van der Waals surface area contributed by atoms with Gasteiger partial charge in [-0.25, -0.2) is 8.78 Å². The van der Waals surface area contributed by atoms with Crippen molar-refractivity contribution in [3.63, 3.8) is 0 Å². The lowest BCUT2D eigenvalue weighted by atomic mass is 10.0. The number of nitrogens with zero attached hydrogens (tertiary/aromatic N) is 6. The van der Waals surface area contributed by atoms with E-state index in [4.69, 9.17) is 0 Å². The number of likely N-dealkylation sites (tertiary alicyclic amines) is 1. The first-order chi connectivity index (χ1) is 19.1. The summed E-state index contributed by atoms with van der Waals surface area (Å²) in [5, 5.41) is 21.1. The monoisotopic (exact) mass is 566 g/mol. The Morgan fingerprint density at radius 2 is 1.95 bits per heavy atom. The van der Waals surface area contributed by atoms with E-state index in [0.29, 0.717) is 31.8 Å². The van der Waals surface area contributed by atoms with Gasteiger partial charge in [0.05, 0.1) is 23.8 Å². The van der Waals surface area contributed by atoms with Crippen molar-refractivity contribution in [2.75, 3.05) is 19.6 Å². The number of aromatic amines is 1. The van der Waals surface area contributed by atoms with Crippen molar-refractivity contribution < 1.29 is 26.7 Å². The number of carbonyl (C=O) groups is 1. The number of amides is 1. The van der Waals surface area contributed by atoms with E-state index in [1.807, 2.05) is 0 Å². The number of halogens is 5. The summed E-state index contributed by atoms with van der Waals surface area (Å²) in [7, 11) is 0. The van der Waals surface area contributed by atoms with Crippen molar-refractivity contribution >= 4 is 5.91 Å². The van der Waals surface area contributed by atoms with Crippen molar-refractivity contribution in [1.82, 2.24) is 40.6 Å². The van der Waals surface area contributed by atoms with Crippen LogP contribution in [0.25, 0.3) is 11.3 Å². The van der Waals surface area contributed by atoms with Crippen molar-refractivity contribution in [1.29, 1.82) is 0 Å². The normalized spacial score (nSPS) is 19.1. The van der Waals surface area contributed by atoms with Gasteiger partial charge in [0, 0.05) is 31.0 Å². The number of piperidine rings is 1. The Hall–Kier alpha value is -3.42. The van der Waals surface area contributed by atoms with Gasteiger partial charge < -0.3 is 5.32 Å². The third-order valence-corrected chi connectivity index (χ3v) is 7.57. The molecule has 2 aromatic heterocycles. The fourth-order valence-electron chi connectivity index (χ4n) is 5.64. The predicted octanol–water partition coefficient (Wildman–Crippen LogP) is 4.66. The Kier molecular flexibility index (Phi) is 8.15. The van der Waals surface area contributed by atoms with Gasteiger partial charge in [-0.1, -0.05) is 36.3 Å². The van der Waals surface area contributed by atoms with Gasteiger partial charge >= 0.3 is 6.18 Å². The van der Waals surface area contributed by atoms with Gasteiger partial charge in [-0.2, -0.15) is 23.5 Å². The second-order valence-electron chi connectivity index (χ2n) is 10.6. The fourth-order valence-corrected chi connectivity index (χ4v) is 5.64. The SMILES string of the molecule is O=C(NC(CCN1CCCC(F)(F)C1)Cc1nn[nH]n1)c1cc(-c2ccccc2C(F)(F)F)n(C2CCCC2)n1. The van der Waals surface area contributed by atoms with E-state index in [-0.39, 0.29) is 42.4 Å². The number of rotatable bonds is 9. The molecule has 1 saturated carbocycles. The van der Waals surface area contributed by atoms with Gasteiger partial charge in [-0.05, 0) is 44.4 Å². The Morgan fingerprint density at radius 3 is 2.65 bits per heavy atom. The summed E-state index contributed by atoms with van der Waals surface area (Å²) in [4.78, 5) is 15.1. The predicted molar refractivity (Wildman–Crippen MR) is 135 cm³/mol. The van der Waals surface area contributed by atoms with E-state index in [1.165, 1.54) is 24.3 Å². The van der Waals surface area contributed by atoms with Crippen LogP contribution < -0.4 is 5.32 Å². The van der Waals surface area contributed by atoms with Crippen LogP contribution in [0.4, 0.5) is 22.0 Å². The Balaban J connectivity index is 1.39. The number of tetrazole rings is 1. The third-order valence-electron chi connectivity index (χ3n) is 7.57. The maximum absolute atomic E-state index is 13.9. The lowest BCUT2D eigenvalue weighted by Crippen LogP contribution is -2.45. The molecule has 1 aliphatic carbocycles. The summed E-state index contributed by atoms with van der Waals surface area (Å²) < 4.78 is 71.0. The number of hydrogen-bond donors (Lipinski definition) is 2. The molecule has 3 aromatic rings. The van der Waals surface area contributed by atoms with Gasteiger partial charge in [0.1, 0.15) is 0 Å². The van der Waals surface area contributed by atoms with E-state index in [1.54, 1.807) is 9.58 Å². The zero-order valence-electron chi connectivity index (χ0n) is 21.8. The highest BCUT2D eigenvalue weighted by Gasteiger charge is 2.36. The number of nitrogens with one attached hydrogen (secondary N) is 2. The molecule has 0 radical (unpaired) electrons. The minimum Gasteiger partial charge on any atom is -0.347 e. The number of hydrogen-bond acceptors (Lipinski definition) is 6. The van der Waals surface area contributed by atoms with Crippen LogP contribution in [0, 0.1) is 0 Å². The molecule has 2 aliphatic rings. The molecule has 1 saturated heterocycles.